The number of hydrogen-bond donors (Lipinski definition) is 0. The molecule has 0 aliphatic carbocycles. The highest BCUT2D eigenvalue weighted by Crippen LogP contribution is 2.59. The van der Waals surface area contributed by atoms with Crippen LogP contribution in [0.1, 0.15) is 27.7 Å². The second-order valence-electron chi connectivity index (χ2n) is 8.89. The number of fused-ring (bicyclic) bond motifs is 4. The van der Waals surface area contributed by atoms with Crippen LogP contribution in [-0.4, -0.2) is 18.3 Å². The number of anilines is 3. The molecule has 0 amide bonds. The second kappa shape index (κ2) is 5.81. The standard InChI is InChI=1S/C24H22BNO4/c1-23(2)24(3,4)30-25(29-23)15-9-7-11-17-22(15)28-20-14-8-13-19-21(20)26(17)16-10-5-6-12-18(16)27-19/h5-14H,1-4H3. The molecule has 0 atom stereocenters. The van der Waals surface area contributed by atoms with Gasteiger partial charge in [0.25, 0.3) is 0 Å². The van der Waals surface area contributed by atoms with Gasteiger partial charge in [0.1, 0.15) is 5.69 Å². The SMILES string of the molecule is CC1(C)OB(c2cccc3c2Oc2cccc4c2N3c2ccccc2O4)OC1(C)C. The molecule has 1 fully saturated rings. The Morgan fingerprint density at radius 2 is 1.27 bits per heavy atom. The zero-order valence-corrected chi connectivity index (χ0v) is 17.4. The quantitative estimate of drug-likeness (QED) is 0.340. The molecule has 150 valence electrons. The van der Waals surface area contributed by atoms with E-state index in [0.717, 1.165) is 45.5 Å². The van der Waals surface area contributed by atoms with Crippen molar-refractivity contribution in [2.24, 2.45) is 0 Å². The second-order valence-corrected chi connectivity index (χ2v) is 8.89. The van der Waals surface area contributed by atoms with Crippen molar-refractivity contribution < 1.29 is 18.8 Å². The van der Waals surface area contributed by atoms with Crippen molar-refractivity contribution >= 4 is 29.6 Å². The Kier molecular flexibility index (Phi) is 3.46. The molecule has 0 bridgehead atoms. The molecule has 0 saturated carbocycles. The van der Waals surface area contributed by atoms with Crippen molar-refractivity contribution in [2.75, 3.05) is 4.90 Å². The van der Waals surface area contributed by atoms with E-state index < -0.39 is 18.3 Å². The average Bonchev–Trinajstić information content (AvgIpc) is 2.94. The monoisotopic (exact) mass is 399 g/mol. The van der Waals surface area contributed by atoms with Crippen LogP contribution in [0.4, 0.5) is 17.1 Å². The van der Waals surface area contributed by atoms with Crippen LogP contribution < -0.4 is 19.8 Å². The summed E-state index contributed by atoms with van der Waals surface area (Å²) in [5, 5.41) is 0. The third kappa shape index (κ3) is 2.32. The Hall–Kier alpha value is -2.96. The summed E-state index contributed by atoms with van der Waals surface area (Å²) in [5.74, 6) is 3.09. The predicted molar refractivity (Wildman–Crippen MR) is 117 cm³/mol. The maximum absolute atomic E-state index is 6.44. The van der Waals surface area contributed by atoms with E-state index in [9.17, 15) is 0 Å². The molecule has 3 aliphatic heterocycles. The fourth-order valence-corrected chi connectivity index (χ4v) is 4.20. The van der Waals surface area contributed by atoms with Crippen LogP contribution in [0, 0.1) is 0 Å². The number of hydrogen-bond acceptors (Lipinski definition) is 5. The van der Waals surface area contributed by atoms with Gasteiger partial charge in [0.2, 0.25) is 0 Å². The van der Waals surface area contributed by atoms with Crippen LogP contribution in [0.2, 0.25) is 0 Å². The Bertz CT molecular complexity index is 1170. The minimum Gasteiger partial charge on any atom is -0.453 e. The molecule has 0 aromatic heterocycles. The van der Waals surface area contributed by atoms with Crippen molar-refractivity contribution in [1.82, 2.24) is 0 Å². The van der Waals surface area contributed by atoms with E-state index in [2.05, 4.69) is 44.7 Å². The lowest BCUT2D eigenvalue weighted by Crippen LogP contribution is -2.41. The lowest BCUT2D eigenvalue weighted by Gasteiger charge is -2.38. The molecular formula is C24H22BNO4. The van der Waals surface area contributed by atoms with Gasteiger partial charge in [-0.3, -0.25) is 4.90 Å². The number of benzene rings is 3. The van der Waals surface area contributed by atoms with Crippen LogP contribution in [0.3, 0.4) is 0 Å². The first-order chi connectivity index (χ1) is 14.4. The van der Waals surface area contributed by atoms with Gasteiger partial charge in [-0.15, -0.1) is 0 Å². The summed E-state index contributed by atoms with van der Waals surface area (Å²) in [6.45, 7) is 8.23. The molecule has 6 rings (SSSR count). The van der Waals surface area contributed by atoms with Crippen LogP contribution in [0.15, 0.2) is 60.7 Å². The third-order valence-corrected chi connectivity index (χ3v) is 6.50. The molecule has 0 N–H and O–H groups in total. The maximum Gasteiger partial charge on any atom is 0.498 e. The van der Waals surface area contributed by atoms with Gasteiger partial charge >= 0.3 is 7.12 Å². The average molecular weight is 399 g/mol. The normalized spacial score (nSPS) is 19.3. The Morgan fingerprint density at radius 3 is 2.03 bits per heavy atom. The van der Waals surface area contributed by atoms with Gasteiger partial charge in [-0.05, 0) is 58.0 Å². The highest BCUT2D eigenvalue weighted by atomic mass is 16.7. The van der Waals surface area contributed by atoms with Gasteiger partial charge in [0, 0.05) is 5.46 Å². The largest absolute Gasteiger partial charge is 0.498 e. The summed E-state index contributed by atoms with van der Waals surface area (Å²) < 4.78 is 25.3. The van der Waals surface area contributed by atoms with E-state index in [4.69, 9.17) is 18.8 Å². The number of para-hydroxylation sites is 4. The van der Waals surface area contributed by atoms with Crippen molar-refractivity contribution in [3.05, 3.63) is 60.7 Å². The van der Waals surface area contributed by atoms with Gasteiger partial charge in [0.15, 0.2) is 23.0 Å². The summed E-state index contributed by atoms with van der Waals surface area (Å²) in [4.78, 5) is 2.21. The molecule has 3 aromatic rings. The molecule has 0 radical (unpaired) electrons. The van der Waals surface area contributed by atoms with E-state index in [0.29, 0.717) is 0 Å². The summed E-state index contributed by atoms with van der Waals surface area (Å²) in [5.41, 5.74) is 2.86. The molecule has 30 heavy (non-hydrogen) atoms. The van der Waals surface area contributed by atoms with Gasteiger partial charge in [-0.2, -0.15) is 0 Å². The highest BCUT2D eigenvalue weighted by Gasteiger charge is 2.53. The number of nitrogens with zero attached hydrogens (tertiary/aromatic N) is 1. The zero-order chi connectivity index (χ0) is 20.7. The van der Waals surface area contributed by atoms with E-state index in [1.807, 2.05) is 48.5 Å². The lowest BCUT2D eigenvalue weighted by atomic mass is 9.77. The fraction of sp³-hybridized carbons (Fsp3) is 0.250. The molecular weight excluding hydrogens is 377 g/mol. The Morgan fingerprint density at radius 1 is 0.667 bits per heavy atom. The van der Waals surface area contributed by atoms with E-state index in [1.165, 1.54) is 0 Å². The fourth-order valence-electron chi connectivity index (χ4n) is 4.20. The maximum atomic E-state index is 6.44. The van der Waals surface area contributed by atoms with Crippen molar-refractivity contribution in [3.63, 3.8) is 0 Å². The molecule has 3 aromatic carbocycles. The van der Waals surface area contributed by atoms with Crippen molar-refractivity contribution in [2.45, 2.75) is 38.9 Å². The molecule has 0 spiro atoms. The van der Waals surface area contributed by atoms with Gasteiger partial charge in [-0.25, -0.2) is 0 Å². The molecule has 0 unspecified atom stereocenters. The van der Waals surface area contributed by atoms with Gasteiger partial charge < -0.3 is 18.8 Å². The smallest absolute Gasteiger partial charge is 0.453 e. The third-order valence-electron chi connectivity index (χ3n) is 6.50. The van der Waals surface area contributed by atoms with E-state index in [-0.39, 0.29) is 0 Å². The lowest BCUT2D eigenvalue weighted by molar-refractivity contribution is 0.00578. The van der Waals surface area contributed by atoms with Gasteiger partial charge in [0.05, 0.1) is 22.6 Å². The summed E-state index contributed by atoms with van der Waals surface area (Å²) in [7, 11) is -0.508. The summed E-state index contributed by atoms with van der Waals surface area (Å²) >= 11 is 0. The van der Waals surface area contributed by atoms with E-state index in [1.54, 1.807) is 0 Å². The number of ether oxygens (including phenoxy) is 2. The molecule has 3 heterocycles. The Labute approximate surface area is 176 Å². The van der Waals surface area contributed by atoms with Crippen molar-refractivity contribution in [3.8, 4) is 23.0 Å². The first kappa shape index (κ1) is 17.9. The number of rotatable bonds is 1. The van der Waals surface area contributed by atoms with Gasteiger partial charge in [-0.1, -0.05) is 30.3 Å². The zero-order valence-electron chi connectivity index (χ0n) is 17.4. The topological polar surface area (TPSA) is 40.2 Å². The van der Waals surface area contributed by atoms with Crippen molar-refractivity contribution in [1.29, 1.82) is 0 Å². The summed E-state index contributed by atoms with van der Waals surface area (Å²) in [6.07, 6.45) is 0. The molecule has 1 saturated heterocycles. The predicted octanol–water partition coefficient (Wildman–Crippen LogP) is 5.67. The first-order valence-corrected chi connectivity index (χ1v) is 10.2. The minimum atomic E-state index is -0.508. The van der Waals surface area contributed by atoms with Crippen LogP contribution >= 0.6 is 0 Å². The molecule has 3 aliphatic rings. The van der Waals surface area contributed by atoms with Crippen LogP contribution in [-0.2, 0) is 9.31 Å². The highest BCUT2D eigenvalue weighted by molar-refractivity contribution is 6.63. The molecule has 6 heteroatoms. The summed E-state index contributed by atoms with van der Waals surface area (Å²) in [6, 6.07) is 20.0. The Balaban J connectivity index is 1.55. The van der Waals surface area contributed by atoms with E-state index >= 15 is 0 Å². The van der Waals surface area contributed by atoms with Crippen LogP contribution in [0.5, 0.6) is 23.0 Å². The van der Waals surface area contributed by atoms with Crippen LogP contribution in [0.25, 0.3) is 0 Å². The molecule has 5 nitrogen and oxygen atoms in total. The minimum absolute atomic E-state index is 0.425. The first-order valence-electron chi connectivity index (χ1n) is 10.2.